The summed E-state index contributed by atoms with van der Waals surface area (Å²) in [4.78, 5) is 6.75. The van der Waals surface area contributed by atoms with Crippen LogP contribution in [-0.2, 0) is 24.9 Å². The largest absolute Gasteiger partial charge is 0.371 e. The SMILES string of the molecule is Cn1c(CN2CCCC(OCc3ccccn3)C2)cc2cc(F)ccc21. The second-order valence-electron chi connectivity index (χ2n) is 7.03. The van der Waals surface area contributed by atoms with Gasteiger partial charge in [-0.05, 0) is 55.8 Å². The molecule has 0 saturated carbocycles. The quantitative estimate of drug-likeness (QED) is 0.697. The van der Waals surface area contributed by atoms with Gasteiger partial charge >= 0.3 is 0 Å². The molecule has 1 fully saturated rings. The van der Waals surface area contributed by atoms with Gasteiger partial charge in [-0.3, -0.25) is 9.88 Å². The van der Waals surface area contributed by atoms with Crippen molar-refractivity contribution in [3.8, 4) is 0 Å². The molecule has 0 spiro atoms. The van der Waals surface area contributed by atoms with E-state index in [-0.39, 0.29) is 11.9 Å². The Morgan fingerprint density at radius 2 is 2.15 bits per heavy atom. The minimum absolute atomic E-state index is 0.185. The molecule has 5 heteroatoms. The third kappa shape index (κ3) is 3.79. The van der Waals surface area contributed by atoms with E-state index in [1.807, 2.05) is 24.3 Å². The Kier molecular flexibility index (Phi) is 5.00. The summed E-state index contributed by atoms with van der Waals surface area (Å²) < 4.78 is 21.7. The second kappa shape index (κ2) is 7.56. The Morgan fingerprint density at radius 1 is 1.23 bits per heavy atom. The van der Waals surface area contributed by atoms with Crippen molar-refractivity contribution in [1.82, 2.24) is 14.5 Å². The van der Waals surface area contributed by atoms with Gasteiger partial charge in [0.05, 0.1) is 18.4 Å². The molecule has 0 bridgehead atoms. The summed E-state index contributed by atoms with van der Waals surface area (Å²) in [5, 5.41) is 0.961. The van der Waals surface area contributed by atoms with E-state index in [0.29, 0.717) is 6.61 Å². The molecule has 1 unspecified atom stereocenters. The number of nitrogens with zero attached hydrogens (tertiary/aromatic N) is 3. The molecule has 0 amide bonds. The van der Waals surface area contributed by atoms with Gasteiger partial charge in [-0.15, -0.1) is 0 Å². The van der Waals surface area contributed by atoms with E-state index in [0.717, 1.165) is 49.1 Å². The van der Waals surface area contributed by atoms with Crippen molar-refractivity contribution in [2.45, 2.75) is 32.1 Å². The van der Waals surface area contributed by atoms with Crippen molar-refractivity contribution in [2.75, 3.05) is 13.1 Å². The van der Waals surface area contributed by atoms with Gasteiger partial charge in [0.2, 0.25) is 0 Å². The number of ether oxygens (including phenoxy) is 1. The van der Waals surface area contributed by atoms with Crippen molar-refractivity contribution < 1.29 is 9.13 Å². The predicted molar refractivity (Wildman–Crippen MR) is 100 cm³/mol. The highest BCUT2D eigenvalue weighted by Gasteiger charge is 2.21. The molecular weight excluding hydrogens is 329 g/mol. The van der Waals surface area contributed by atoms with E-state index in [1.165, 1.54) is 11.8 Å². The zero-order valence-corrected chi connectivity index (χ0v) is 15.1. The molecule has 1 aliphatic heterocycles. The summed E-state index contributed by atoms with van der Waals surface area (Å²) in [6.07, 6.45) is 4.25. The number of halogens is 1. The fourth-order valence-electron chi connectivity index (χ4n) is 3.74. The molecular formula is C21H24FN3O. The molecule has 1 aliphatic rings. The molecule has 1 atom stereocenters. The summed E-state index contributed by atoms with van der Waals surface area (Å²) in [7, 11) is 2.05. The highest BCUT2D eigenvalue weighted by atomic mass is 19.1. The molecule has 0 N–H and O–H groups in total. The van der Waals surface area contributed by atoms with Crippen LogP contribution in [0.3, 0.4) is 0 Å². The lowest BCUT2D eigenvalue weighted by atomic mass is 10.1. The van der Waals surface area contributed by atoms with Crippen molar-refractivity contribution in [3.05, 3.63) is 65.9 Å². The van der Waals surface area contributed by atoms with Crippen LogP contribution in [0.1, 0.15) is 24.2 Å². The highest BCUT2D eigenvalue weighted by Crippen LogP contribution is 2.23. The Labute approximate surface area is 153 Å². The molecule has 1 saturated heterocycles. The van der Waals surface area contributed by atoms with E-state index in [1.54, 1.807) is 12.3 Å². The summed E-state index contributed by atoms with van der Waals surface area (Å²) in [6, 6.07) is 13.0. The Balaban J connectivity index is 1.40. The van der Waals surface area contributed by atoms with E-state index >= 15 is 0 Å². The molecule has 0 radical (unpaired) electrons. The first-order valence-electron chi connectivity index (χ1n) is 9.17. The topological polar surface area (TPSA) is 30.3 Å². The van der Waals surface area contributed by atoms with Gasteiger partial charge in [0.1, 0.15) is 5.82 Å². The highest BCUT2D eigenvalue weighted by molar-refractivity contribution is 5.81. The standard InChI is InChI=1S/C21H24FN3O/c1-24-19(12-16-11-17(22)7-8-21(16)24)13-25-10-4-6-20(14-25)26-15-18-5-2-3-9-23-18/h2-3,5,7-9,11-12,20H,4,6,10,13-15H2,1H3. The van der Waals surface area contributed by atoms with Gasteiger partial charge in [-0.1, -0.05) is 6.07 Å². The molecule has 3 heterocycles. The maximum atomic E-state index is 13.5. The summed E-state index contributed by atoms with van der Waals surface area (Å²) in [5.74, 6) is -0.185. The predicted octanol–water partition coefficient (Wildman–Crippen LogP) is 3.89. The zero-order chi connectivity index (χ0) is 17.9. The summed E-state index contributed by atoms with van der Waals surface area (Å²) >= 11 is 0. The summed E-state index contributed by atoms with van der Waals surface area (Å²) in [5.41, 5.74) is 3.25. The van der Waals surface area contributed by atoms with Crippen LogP contribution in [-0.4, -0.2) is 33.6 Å². The van der Waals surface area contributed by atoms with Gasteiger partial charge in [0.25, 0.3) is 0 Å². The van der Waals surface area contributed by atoms with Gasteiger partial charge in [0, 0.05) is 42.9 Å². The number of piperidine rings is 1. The lowest BCUT2D eigenvalue weighted by Gasteiger charge is -2.32. The number of fused-ring (bicyclic) bond motifs is 1. The van der Waals surface area contributed by atoms with Gasteiger partial charge in [0.15, 0.2) is 0 Å². The number of aromatic nitrogens is 2. The van der Waals surface area contributed by atoms with Crippen LogP contribution in [0.4, 0.5) is 4.39 Å². The molecule has 4 nitrogen and oxygen atoms in total. The van der Waals surface area contributed by atoms with Crippen LogP contribution >= 0.6 is 0 Å². The normalized spacial score (nSPS) is 18.5. The fraction of sp³-hybridized carbons (Fsp3) is 0.381. The van der Waals surface area contributed by atoms with Crippen LogP contribution in [0.15, 0.2) is 48.7 Å². The number of hydrogen-bond acceptors (Lipinski definition) is 3. The Bertz CT molecular complexity index is 878. The average Bonchev–Trinajstić information content (AvgIpc) is 2.96. The van der Waals surface area contributed by atoms with Crippen molar-refractivity contribution in [2.24, 2.45) is 7.05 Å². The first-order chi connectivity index (χ1) is 12.7. The number of hydrogen-bond donors (Lipinski definition) is 0. The molecule has 136 valence electrons. The van der Waals surface area contributed by atoms with E-state index in [2.05, 4.69) is 27.6 Å². The smallest absolute Gasteiger partial charge is 0.123 e. The molecule has 1 aromatic carbocycles. The average molecular weight is 353 g/mol. The third-order valence-electron chi connectivity index (χ3n) is 5.14. The fourth-order valence-corrected chi connectivity index (χ4v) is 3.74. The van der Waals surface area contributed by atoms with Crippen LogP contribution in [0.2, 0.25) is 0 Å². The molecule has 0 aliphatic carbocycles. The van der Waals surface area contributed by atoms with Crippen LogP contribution < -0.4 is 0 Å². The Hall–Kier alpha value is -2.24. The molecule has 2 aromatic heterocycles. The third-order valence-corrected chi connectivity index (χ3v) is 5.14. The zero-order valence-electron chi connectivity index (χ0n) is 15.1. The molecule has 3 aromatic rings. The van der Waals surface area contributed by atoms with Gasteiger partial charge in [-0.2, -0.15) is 0 Å². The van der Waals surface area contributed by atoms with Crippen molar-refractivity contribution >= 4 is 10.9 Å². The van der Waals surface area contributed by atoms with Crippen LogP contribution in [0, 0.1) is 5.82 Å². The summed E-state index contributed by atoms with van der Waals surface area (Å²) in [6.45, 7) is 3.41. The minimum Gasteiger partial charge on any atom is -0.371 e. The van der Waals surface area contributed by atoms with E-state index < -0.39 is 0 Å². The van der Waals surface area contributed by atoms with Crippen molar-refractivity contribution in [3.63, 3.8) is 0 Å². The lowest BCUT2D eigenvalue weighted by molar-refractivity contribution is -0.0136. The van der Waals surface area contributed by atoms with Crippen LogP contribution in [0.5, 0.6) is 0 Å². The molecule has 4 rings (SSSR count). The minimum atomic E-state index is -0.185. The van der Waals surface area contributed by atoms with Gasteiger partial charge < -0.3 is 9.30 Å². The van der Waals surface area contributed by atoms with Crippen molar-refractivity contribution in [1.29, 1.82) is 0 Å². The number of benzene rings is 1. The van der Waals surface area contributed by atoms with Crippen LogP contribution in [0.25, 0.3) is 10.9 Å². The first-order valence-corrected chi connectivity index (χ1v) is 9.17. The van der Waals surface area contributed by atoms with Gasteiger partial charge in [-0.25, -0.2) is 4.39 Å². The number of pyridine rings is 1. The monoisotopic (exact) mass is 353 g/mol. The molecule has 26 heavy (non-hydrogen) atoms. The number of likely N-dealkylation sites (tertiary alicyclic amines) is 1. The number of aryl methyl sites for hydroxylation is 1. The first kappa shape index (κ1) is 17.2. The van der Waals surface area contributed by atoms with E-state index in [9.17, 15) is 4.39 Å². The maximum Gasteiger partial charge on any atom is 0.123 e. The lowest BCUT2D eigenvalue weighted by Crippen LogP contribution is -2.39. The maximum absolute atomic E-state index is 13.5. The Morgan fingerprint density at radius 3 is 3.00 bits per heavy atom. The van der Waals surface area contributed by atoms with E-state index in [4.69, 9.17) is 4.74 Å². The second-order valence-corrected chi connectivity index (χ2v) is 7.03. The number of rotatable bonds is 5.